The van der Waals surface area contributed by atoms with Crippen molar-refractivity contribution < 1.29 is 10.0 Å². The van der Waals surface area contributed by atoms with E-state index in [-0.39, 0.29) is 23.7 Å². The minimum absolute atomic E-state index is 0.0850. The summed E-state index contributed by atoms with van der Waals surface area (Å²) in [6.07, 6.45) is 0.377. The maximum Gasteiger partial charge on any atom is 0.231 e. The summed E-state index contributed by atoms with van der Waals surface area (Å²) in [5, 5.41) is 11.6. The smallest absolute Gasteiger partial charge is 0.231 e. The Morgan fingerprint density at radius 1 is 1.52 bits per heavy atom. The molecule has 1 aromatic rings. The Balaban J connectivity index is 2.13. The van der Waals surface area contributed by atoms with Crippen molar-refractivity contribution in [1.29, 1.82) is 0 Å². The van der Waals surface area contributed by atoms with E-state index in [0.29, 0.717) is 13.0 Å². The van der Waals surface area contributed by atoms with Gasteiger partial charge in [0.25, 0.3) is 0 Å². The average molecular weight is 307 g/mol. The van der Waals surface area contributed by atoms with E-state index in [9.17, 15) is 4.79 Å². The number of nitrogens with two attached hydrogens (primary N) is 1. The molecule has 1 heterocycles. The van der Waals surface area contributed by atoms with E-state index in [2.05, 4.69) is 11.2 Å². The summed E-state index contributed by atoms with van der Waals surface area (Å²) in [4.78, 5) is 15.8. The molecule has 0 saturated heterocycles. The summed E-state index contributed by atoms with van der Waals surface area (Å²) in [7, 11) is 0. The fourth-order valence-electron chi connectivity index (χ4n) is 2.48. The monoisotopic (exact) mass is 307 g/mol. The Hall–Kier alpha value is -1.69. The molecule has 0 saturated carbocycles. The van der Waals surface area contributed by atoms with Gasteiger partial charge < -0.3 is 15.8 Å². The Bertz CT molecular complexity index is 545. The molecular weight excluding hydrogens is 286 g/mol. The van der Waals surface area contributed by atoms with Crippen LogP contribution in [0.2, 0.25) is 0 Å². The van der Waals surface area contributed by atoms with Crippen molar-refractivity contribution in [3.05, 3.63) is 29.8 Å². The quantitative estimate of drug-likeness (QED) is 0.378. The third-order valence-electron chi connectivity index (χ3n) is 3.64. The van der Waals surface area contributed by atoms with E-state index in [1.165, 1.54) is 4.90 Å². The van der Waals surface area contributed by atoms with Crippen LogP contribution < -0.4 is 5.73 Å². The number of amidine groups is 1. The number of fused-ring (bicyclic) bond motifs is 1. The van der Waals surface area contributed by atoms with Crippen molar-refractivity contribution in [3.8, 4) is 0 Å². The molecule has 1 atom stereocenters. The van der Waals surface area contributed by atoms with Gasteiger partial charge in [-0.2, -0.15) is 0 Å². The van der Waals surface area contributed by atoms with Gasteiger partial charge in [0.2, 0.25) is 5.91 Å². The highest BCUT2D eigenvalue weighted by Gasteiger charge is 2.33. The minimum Gasteiger partial charge on any atom is -0.409 e. The third-order valence-corrected chi connectivity index (χ3v) is 4.82. The van der Waals surface area contributed by atoms with Crippen LogP contribution in [-0.2, 0) is 4.79 Å². The summed E-state index contributed by atoms with van der Waals surface area (Å²) < 4.78 is 0. The van der Waals surface area contributed by atoms with E-state index in [1.807, 2.05) is 36.9 Å². The molecule has 1 aliphatic rings. The van der Waals surface area contributed by atoms with Crippen molar-refractivity contribution in [3.63, 3.8) is 0 Å². The van der Waals surface area contributed by atoms with E-state index in [0.717, 1.165) is 11.3 Å². The van der Waals surface area contributed by atoms with E-state index < -0.39 is 0 Å². The maximum atomic E-state index is 12.8. The molecule has 0 spiro atoms. The van der Waals surface area contributed by atoms with Gasteiger partial charge in [-0.15, -0.1) is 11.8 Å². The van der Waals surface area contributed by atoms with Crippen LogP contribution in [0.1, 0.15) is 31.7 Å². The fraction of sp³-hybridized carbons (Fsp3) is 0.467. The first-order valence-corrected chi connectivity index (χ1v) is 8.01. The molecule has 6 heteroatoms. The minimum atomic E-state index is -0.0964. The number of benzene rings is 1. The topological polar surface area (TPSA) is 78.9 Å². The van der Waals surface area contributed by atoms with Crippen LogP contribution in [0, 0.1) is 0 Å². The molecule has 0 aliphatic carbocycles. The van der Waals surface area contributed by atoms with Crippen molar-refractivity contribution in [1.82, 2.24) is 4.90 Å². The lowest BCUT2D eigenvalue weighted by Crippen LogP contribution is -2.42. The molecular formula is C15H21N3O2S. The number of carbonyl (C=O) groups is 1. The van der Waals surface area contributed by atoms with Crippen LogP contribution in [-0.4, -0.2) is 40.2 Å². The van der Waals surface area contributed by atoms with Crippen molar-refractivity contribution in [2.45, 2.75) is 37.1 Å². The van der Waals surface area contributed by atoms with Gasteiger partial charge >= 0.3 is 0 Å². The summed E-state index contributed by atoms with van der Waals surface area (Å²) in [6.45, 7) is 4.44. The highest BCUT2D eigenvalue weighted by Crippen LogP contribution is 2.40. The highest BCUT2D eigenvalue weighted by atomic mass is 32.2. The van der Waals surface area contributed by atoms with Gasteiger partial charge in [0, 0.05) is 29.7 Å². The zero-order valence-corrected chi connectivity index (χ0v) is 13.1. The lowest BCUT2D eigenvalue weighted by molar-refractivity contribution is -0.133. The zero-order chi connectivity index (χ0) is 15.4. The molecule has 1 aliphatic heterocycles. The lowest BCUT2D eigenvalue weighted by Gasteiger charge is -2.29. The fourth-order valence-corrected chi connectivity index (χ4v) is 3.70. The van der Waals surface area contributed by atoms with Crippen LogP contribution in [0.5, 0.6) is 0 Å². The normalized spacial score (nSPS) is 17.9. The first-order valence-electron chi connectivity index (χ1n) is 7.03. The number of nitrogens with zero attached hydrogens (tertiary/aromatic N) is 2. The first-order chi connectivity index (χ1) is 10.0. The van der Waals surface area contributed by atoms with Gasteiger partial charge in [0.15, 0.2) is 0 Å². The molecule has 1 aromatic carbocycles. The van der Waals surface area contributed by atoms with Gasteiger partial charge in [0.05, 0.1) is 5.92 Å². The van der Waals surface area contributed by atoms with E-state index in [4.69, 9.17) is 10.9 Å². The van der Waals surface area contributed by atoms with Crippen molar-refractivity contribution >= 4 is 23.5 Å². The van der Waals surface area contributed by atoms with Crippen molar-refractivity contribution in [2.24, 2.45) is 10.9 Å². The lowest BCUT2D eigenvalue weighted by atomic mass is 9.99. The SMILES string of the molecule is CC(C)N(CCC(N)=NO)C(=O)C1CSc2ccccc21. The standard InChI is InChI=1S/C15H21N3O2S/c1-10(2)18(8-7-14(16)17-20)15(19)12-9-21-13-6-4-3-5-11(12)13/h3-6,10,12,20H,7-9H2,1-2H3,(H2,16,17). The van der Waals surface area contributed by atoms with Crippen LogP contribution in [0.3, 0.4) is 0 Å². The number of hydrogen-bond acceptors (Lipinski definition) is 4. The second-order valence-electron chi connectivity index (χ2n) is 5.37. The number of carbonyl (C=O) groups excluding carboxylic acids is 1. The van der Waals surface area contributed by atoms with Gasteiger partial charge in [-0.3, -0.25) is 4.79 Å². The van der Waals surface area contributed by atoms with Gasteiger partial charge in [0.1, 0.15) is 5.84 Å². The summed E-state index contributed by atoms with van der Waals surface area (Å²) in [6, 6.07) is 8.14. The first kappa shape index (κ1) is 15.7. The Labute approximate surface area is 129 Å². The largest absolute Gasteiger partial charge is 0.409 e. The number of rotatable bonds is 5. The van der Waals surface area contributed by atoms with Gasteiger partial charge in [-0.1, -0.05) is 23.4 Å². The molecule has 5 nitrogen and oxygen atoms in total. The van der Waals surface area contributed by atoms with Crippen molar-refractivity contribution in [2.75, 3.05) is 12.3 Å². The van der Waals surface area contributed by atoms with Crippen LogP contribution in [0.25, 0.3) is 0 Å². The van der Waals surface area contributed by atoms with Crippen LogP contribution in [0.4, 0.5) is 0 Å². The Morgan fingerprint density at radius 3 is 2.90 bits per heavy atom. The maximum absolute atomic E-state index is 12.8. The summed E-state index contributed by atoms with van der Waals surface area (Å²) in [5.74, 6) is 0.953. The summed E-state index contributed by atoms with van der Waals surface area (Å²) >= 11 is 1.73. The molecule has 3 N–H and O–H groups in total. The molecule has 1 unspecified atom stereocenters. The molecule has 0 radical (unpaired) electrons. The van der Waals surface area contributed by atoms with E-state index >= 15 is 0 Å². The Kier molecular flexibility index (Phi) is 5.12. The molecule has 21 heavy (non-hydrogen) atoms. The molecule has 0 aromatic heterocycles. The number of hydrogen-bond donors (Lipinski definition) is 2. The summed E-state index contributed by atoms with van der Waals surface area (Å²) in [5.41, 5.74) is 6.62. The Morgan fingerprint density at radius 2 is 2.24 bits per heavy atom. The van der Waals surface area contributed by atoms with Crippen LogP contribution in [0.15, 0.2) is 34.3 Å². The van der Waals surface area contributed by atoms with Gasteiger partial charge in [-0.05, 0) is 25.5 Å². The van der Waals surface area contributed by atoms with E-state index in [1.54, 1.807) is 11.8 Å². The zero-order valence-electron chi connectivity index (χ0n) is 12.3. The third kappa shape index (κ3) is 3.50. The second kappa shape index (κ2) is 6.85. The molecule has 0 fully saturated rings. The molecule has 1 amide bonds. The predicted octanol–water partition coefficient (Wildman–Crippen LogP) is 2.25. The second-order valence-corrected chi connectivity index (χ2v) is 6.43. The average Bonchev–Trinajstić information content (AvgIpc) is 2.90. The number of oxime groups is 1. The predicted molar refractivity (Wildman–Crippen MR) is 84.8 cm³/mol. The molecule has 0 bridgehead atoms. The highest BCUT2D eigenvalue weighted by molar-refractivity contribution is 7.99. The number of thioether (sulfide) groups is 1. The number of amides is 1. The van der Waals surface area contributed by atoms with Crippen LogP contribution >= 0.6 is 11.8 Å². The van der Waals surface area contributed by atoms with Gasteiger partial charge in [-0.25, -0.2) is 0 Å². The molecule has 114 valence electrons. The molecule has 2 rings (SSSR count).